The van der Waals surface area contributed by atoms with Gasteiger partial charge in [-0.25, -0.2) is 9.97 Å². The SMILES string of the molecule is Cc1cccc(CC(=O)N2CCCC2C2NNCC2c2ccnc(N(C)C)n2)c1. The third-order valence-electron chi connectivity index (χ3n) is 5.94. The third kappa shape index (κ3) is 4.26. The van der Waals surface area contributed by atoms with Gasteiger partial charge in [-0.15, -0.1) is 0 Å². The fourth-order valence-electron chi connectivity index (χ4n) is 4.52. The van der Waals surface area contributed by atoms with Gasteiger partial charge >= 0.3 is 0 Å². The van der Waals surface area contributed by atoms with Gasteiger partial charge in [-0.2, -0.15) is 0 Å². The van der Waals surface area contributed by atoms with Gasteiger partial charge in [-0.05, 0) is 31.4 Å². The molecule has 154 valence electrons. The Morgan fingerprint density at radius 2 is 2.17 bits per heavy atom. The summed E-state index contributed by atoms with van der Waals surface area (Å²) in [6, 6.07) is 10.5. The van der Waals surface area contributed by atoms with Gasteiger partial charge in [-0.3, -0.25) is 15.6 Å². The monoisotopic (exact) mass is 394 g/mol. The fourth-order valence-corrected chi connectivity index (χ4v) is 4.52. The standard InChI is InChI=1S/C22H30N6O/c1-15-6-4-7-16(12-15)13-20(29)28-11-5-8-19(28)21-17(14-24-26-21)18-9-10-23-22(25-18)27(2)3/h4,6-7,9-10,12,17,19,21,24,26H,5,8,11,13-14H2,1-3H3. The van der Waals surface area contributed by atoms with Crippen molar-refractivity contribution in [2.45, 2.75) is 44.2 Å². The molecular formula is C22H30N6O. The highest BCUT2D eigenvalue weighted by Gasteiger charge is 2.42. The van der Waals surface area contributed by atoms with Gasteiger partial charge < -0.3 is 9.80 Å². The normalized spacial score (nSPS) is 24.1. The smallest absolute Gasteiger partial charge is 0.227 e. The zero-order chi connectivity index (χ0) is 20.4. The first-order valence-electron chi connectivity index (χ1n) is 10.4. The van der Waals surface area contributed by atoms with Crippen LogP contribution in [0.2, 0.25) is 0 Å². The van der Waals surface area contributed by atoms with Gasteiger partial charge in [-0.1, -0.05) is 29.8 Å². The van der Waals surface area contributed by atoms with E-state index in [4.69, 9.17) is 4.98 Å². The van der Waals surface area contributed by atoms with E-state index in [1.54, 1.807) is 0 Å². The summed E-state index contributed by atoms with van der Waals surface area (Å²) in [5.74, 6) is 1.13. The van der Waals surface area contributed by atoms with Gasteiger partial charge in [0.2, 0.25) is 11.9 Å². The number of rotatable bonds is 5. The zero-order valence-corrected chi connectivity index (χ0v) is 17.4. The van der Waals surface area contributed by atoms with E-state index in [-0.39, 0.29) is 23.9 Å². The Bertz CT molecular complexity index is 870. The number of hydrazine groups is 1. The number of likely N-dealkylation sites (tertiary alicyclic amines) is 1. The van der Waals surface area contributed by atoms with Gasteiger partial charge in [0.15, 0.2) is 0 Å². The second kappa shape index (κ2) is 8.47. The van der Waals surface area contributed by atoms with E-state index in [1.807, 2.05) is 43.4 Å². The van der Waals surface area contributed by atoms with Crippen molar-refractivity contribution in [1.82, 2.24) is 25.7 Å². The Morgan fingerprint density at radius 3 is 2.97 bits per heavy atom. The molecule has 3 atom stereocenters. The topological polar surface area (TPSA) is 73.4 Å². The molecule has 7 heteroatoms. The van der Waals surface area contributed by atoms with Gasteiger partial charge in [0.05, 0.1) is 18.2 Å². The number of amides is 1. The van der Waals surface area contributed by atoms with Crippen LogP contribution in [-0.2, 0) is 11.2 Å². The van der Waals surface area contributed by atoms with Crippen LogP contribution in [0.5, 0.6) is 0 Å². The molecule has 2 aromatic rings. The van der Waals surface area contributed by atoms with Crippen LogP contribution in [0.3, 0.4) is 0 Å². The predicted octanol–water partition coefficient (Wildman–Crippen LogP) is 1.64. The van der Waals surface area contributed by atoms with E-state index in [0.29, 0.717) is 12.4 Å². The summed E-state index contributed by atoms with van der Waals surface area (Å²) in [4.78, 5) is 26.2. The number of aromatic nitrogens is 2. The van der Waals surface area contributed by atoms with Crippen molar-refractivity contribution in [3.8, 4) is 0 Å². The molecule has 2 fully saturated rings. The summed E-state index contributed by atoms with van der Waals surface area (Å²) < 4.78 is 0. The third-order valence-corrected chi connectivity index (χ3v) is 5.94. The fraction of sp³-hybridized carbons (Fsp3) is 0.500. The lowest BCUT2D eigenvalue weighted by molar-refractivity contribution is -0.131. The number of nitrogens with zero attached hydrogens (tertiary/aromatic N) is 4. The molecule has 1 aromatic carbocycles. The molecule has 7 nitrogen and oxygen atoms in total. The Balaban J connectivity index is 1.51. The van der Waals surface area contributed by atoms with Gasteiger partial charge in [0, 0.05) is 45.3 Å². The first-order chi connectivity index (χ1) is 14.0. The van der Waals surface area contributed by atoms with Gasteiger partial charge in [0.1, 0.15) is 0 Å². The molecule has 3 unspecified atom stereocenters. The summed E-state index contributed by atoms with van der Waals surface area (Å²) in [5.41, 5.74) is 10.0. The van der Waals surface area contributed by atoms with Crippen molar-refractivity contribution in [3.05, 3.63) is 53.3 Å². The van der Waals surface area contributed by atoms with Crippen molar-refractivity contribution < 1.29 is 4.79 Å². The molecule has 0 aliphatic carbocycles. The molecule has 0 spiro atoms. The second-order valence-corrected chi connectivity index (χ2v) is 8.30. The minimum atomic E-state index is 0.142. The van der Waals surface area contributed by atoms with Gasteiger partial charge in [0.25, 0.3) is 0 Å². The maximum Gasteiger partial charge on any atom is 0.227 e. The minimum Gasteiger partial charge on any atom is -0.347 e. The lowest BCUT2D eigenvalue weighted by Crippen LogP contribution is -2.50. The number of hydrogen-bond donors (Lipinski definition) is 2. The quantitative estimate of drug-likeness (QED) is 0.803. The average Bonchev–Trinajstić information content (AvgIpc) is 3.37. The summed E-state index contributed by atoms with van der Waals surface area (Å²) in [5, 5.41) is 0. The zero-order valence-electron chi connectivity index (χ0n) is 17.4. The number of aryl methyl sites for hydroxylation is 1. The summed E-state index contributed by atoms with van der Waals surface area (Å²) in [6.07, 6.45) is 4.34. The maximum atomic E-state index is 13.1. The summed E-state index contributed by atoms with van der Waals surface area (Å²) >= 11 is 0. The molecule has 2 N–H and O–H groups in total. The van der Waals surface area contributed by atoms with E-state index >= 15 is 0 Å². The molecule has 1 aromatic heterocycles. The first kappa shape index (κ1) is 19.8. The number of anilines is 1. The van der Waals surface area contributed by atoms with E-state index < -0.39 is 0 Å². The molecule has 0 radical (unpaired) electrons. The maximum absolute atomic E-state index is 13.1. The van der Waals surface area contributed by atoms with E-state index in [2.05, 4.69) is 39.8 Å². The van der Waals surface area contributed by atoms with Crippen LogP contribution in [0.15, 0.2) is 36.5 Å². The van der Waals surface area contributed by atoms with Crippen LogP contribution in [0.1, 0.15) is 35.6 Å². The largest absolute Gasteiger partial charge is 0.347 e. The summed E-state index contributed by atoms with van der Waals surface area (Å²) in [7, 11) is 3.90. The summed E-state index contributed by atoms with van der Waals surface area (Å²) in [6.45, 7) is 3.69. The molecule has 4 rings (SSSR count). The lowest BCUT2D eigenvalue weighted by Gasteiger charge is -2.32. The van der Waals surface area contributed by atoms with Crippen molar-refractivity contribution in [2.24, 2.45) is 0 Å². The Labute approximate surface area is 172 Å². The molecular weight excluding hydrogens is 364 g/mol. The number of hydrogen-bond acceptors (Lipinski definition) is 6. The van der Waals surface area contributed by atoms with Crippen molar-refractivity contribution in [3.63, 3.8) is 0 Å². The number of carbonyl (C=O) groups excluding carboxylic acids is 1. The lowest BCUT2D eigenvalue weighted by atomic mass is 9.90. The number of benzene rings is 1. The highest BCUT2D eigenvalue weighted by Crippen LogP contribution is 2.31. The molecule has 0 saturated carbocycles. The van der Waals surface area contributed by atoms with Crippen LogP contribution in [0.4, 0.5) is 5.95 Å². The van der Waals surface area contributed by atoms with E-state index in [0.717, 1.165) is 37.2 Å². The van der Waals surface area contributed by atoms with E-state index in [1.165, 1.54) is 5.56 Å². The van der Waals surface area contributed by atoms with Crippen LogP contribution in [0.25, 0.3) is 0 Å². The van der Waals surface area contributed by atoms with Crippen molar-refractivity contribution in [2.75, 3.05) is 32.1 Å². The van der Waals surface area contributed by atoms with Crippen molar-refractivity contribution >= 4 is 11.9 Å². The Hall–Kier alpha value is -2.51. The van der Waals surface area contributed by atoms with Crippen LogP contribution in [0, 0.1) is 6.92 Å². The molecule has 2 aliphatic rings. The molecule has 3 heterocycles. The van der Waals surface area contributed by atoms with Crippen molar-refractivity contribution in [1.29, 1.82) is 0 Å². The average molecular weight is 395 g/mol. The van der Waals surface area contributed by atoms with Crippen LogP contribution in [-0.4, -0.2) is 60.0 Å². The van der Waals surface area contributed by atoms with E-state index in [9.17, 15) is 4.79 Å². The predicted molar refractivity (Wildman–Crippen MR) is 114 cm³/mol. The molecule has 2 saturated heterocycles. The second-order valence-electron chi connectivity index (χ2n) is 8.30. The van der Waals surface area contributed by atoms with Crippen LogP contribution < -0.4 is 15.8 Å². The van der Waals surface area contributed by atoms with Crippen LogP contribution >= 0.6 is 0 Å². The Kier molecular flexibility index (Phi) is 5.78. The minimum absolute atomic E-state index is 0.142. The first-order valence-corrected chi connectivity index (χ1v) is 10.4. The molecule has 1 amide bonds. The number of nitrogens with one attached hydrogen (secondary N) is 2. The number of carbonyl (C=O) groups is 1. The highest BCUT2D eigenvalue weighted by atomic mass is 16.2. The Morgan fingerprint density at radius 1 is 1.31 bits per heavy atom. The highest BCUT2D eigenvalue weighted by molar-refractivity contribution is 5.79. The molecule has 0 bridgehead atoms. The molecule has 2 aliphatic heterocycles. The molecule has 29 heavy (non-hydrogen) atoms.